The third-order valence-corrected chi connectivity index (χ3v) is 6.26. The second kappa shape index (κ2) is 5.33. The molecule has 0 amide bonds. The molecule has 0 aromatic carbocycles. The van der Waals surface area contributed by atoms with Crippen LogP contribution in [0.15, 0.2) is 0 Å². The Morgan fingerprint density at radius 2 is 1.69 bits per heavy atom. The smallest absolute Gasteiger partial charge is 0.369 e. The van der Waals surface area contributed by atoms with Gasteiger partial charge in [-0.25, -0.2) is 0 Å². The third kappa shape index (κ3) is 3.68. The molecule has 96 valence electrons. The molecule has 0 bridgehead atoms. The Labute approximate surface area is 91.6 Å². The van der Waals surface area contributed by atoms with Gasteiger partial charge in [0.2, 0.25) is 8.00 Å². The monoisotopic (exact) mass is 296 g/mol. The van der Waals surface area contributed by atoms with E-state index in [-0.39, 0.29) is 0 Å². The van der Waals surface area contributed by atoms with Crippen LogP contribution in [0.25, 0.3) is 0 Å². The molecule has 0 heterocycles. The minimum absolute atomic E-state index is 0.577. The Morgan fingerprint density at radius 1 is 1.31 bits per heavy atom. The zero-order chi connectivity index (χ0) is 13.2. The molecule has 0 rings (SSSR count). The lowest BCUT2D eigenvalue weighted by Gasteiger charge is -2.27. The Hall–Kier alpha value is 0.350. The highest BCUT2D eigenvalue weighted by molar-refractivity contribution is 7.72. The molecule has 5 N–H and O–H groups in total. The fourth-order valence-electron chi connectivity index (χ4n) is 0.679. The number of hydrogen-bond acceptors (Lipinski definition) is 5. The topological polar surface area (TPSA) is 168 Å². The van der Waals surface area contributed by atoms with Crippen LogP contribution in [0.2, 0.25) is 0 Å². The largest absolute Gasteiger partial charge is 0.603 e. The normalized spacial score (nSPS) is 15.3. The maximum atomic E-state index is 10.8. The van der Waals surface area contributed by atoms with Gasteiger partial charge in [0, 0.05) is 0 Å². The second-order valence-electron chi connectivity index (χ2n) is 2.72. The summed E-state index contributed by atoms with van der Waals surface area (Å²) in [5.74, 6) is 0.577. The Kier molecular flexibility index (Phi) is 5.45. The van der Waals surface area contributed by atoms with Crippen molar-refractivity contribution in [2.45, 2.75) is 11.5 Å². The van der Waals surface area contributed by atoms with Crippen LogP contribution in [0.3, 0.4) is 0 Å². The van der Waals surface area contributed by atoms with Crippen molar-refractivity contribution in [2.24, 2.45) is 0 Å². The summed E-state index contributed by atoms with van der Waals surface area (Å²) in [5, 5.41) is 5.71. The van der Waals surface area contributed by atoms with Crippen LogP contribution in [0, 0.1) is 0 Å². The minimum atomic E-state index is -5.50. The van der Waals surface area contributed by atoms with Gasteiger partial charge in [-0.05, 0) is 0 Å². The predicted molar refractivity (Wildman–Crippen MR) is 53.6 cm³/mol. The highest BCUT2D eigenvalue weighted by Gasteiger charge is 2.59. The number of aliphatic hydroxyl groups is 1. The van der Waals surface area contributed by atoms with Gasteiger partial charge in [0.15, 0.2) is 0 Å². The van der Waals surface area contributed by atoms with Crippen molar-refractivity contribution in [1.29, 1.82) is 0 Å². The van der Waals surface area contributed by atoms with E-state index in [1.54, 1.807) is 0 Å². The Balaban J connectivity index is 5.32. The first-order valence-corrected chi connectivity index (χ1v) is 8.10. The van der Waals surface area contributed by atoms with Gasteiger partial charge < -0.3 is 29.6 Å². The molecular weight excluding hydrogens is 285 g/mol. The molecule has 0 aromatic heterocycles. The van der Waals surface area contributed by atoms with Crippen LogP contribution in [0.4, 0.5) is 0 Å². The molecule has 9 nitrogen and oxygen atoms in total. The molecule has 12 heteroatoms. The predicted octanol–water partition coefficient (Wildman–Crippen LogP) is -1.50. The maximum Gasteiger partial charge on any atom is 0.369 e. The quantitative estimate of drug-likeness (QED) is 0.379. The van der Waals surface area contributed by atoms with E-state index in [0.29, 0.717) is 5.80 Å². The maximum absolute atomic E-state index is 10.8. The van der Waals surface area contributed by atoms with Gasteiger partial charge >= 0.3 is 15.2 Å². The van der Waals surface area contributed by atoms with Crippen molar-refractivity contribution in [3.8, 4) is 0 Å². The van der Waals surface area contributed by atoms with Crippen LogP contribution in [0.1, 0.15) is 6.42 Å². The number of rotatable bonds is 5. The lowest BCUT2D eigenvalue weighted by Crippen LogP contribution is -2.29. The first-order chi connectivity index (χ1) is 6.95. The molecule has 0 aliphatic carbocycles. The van der Waals surface area contributed by atoms with Gasteiger partial charge in [0.05, 0.1) is 13.5 Å². The summed E-state index contributed by atoms with van der Waals surface area (Å²) in [6, 6.07) is 0. The van der Waals surface area contributed by atoms with Crippen molar-refractivity contribution in [3.05, 3.63) is 0 Å². The lowest BCUT2D eigenvalue weighted by atomic mass is 10.5. The van der Waals surface area contributed by atoms with E-state index in [9.17, 15) is 19.1 Å². The molecule has 0 aliphatic rings. The molecule has 0 fully saturated rings. The summed E-state index contributed by atoms with van der Waals surface area (Å²) in [7, 11) is -12.4. The molecule has 0 spiro atoms. The highest BCUT2D eigenvalue weighted by atomic mass is 31.2. The molecule has 0 radical (unpaired) electrons. The third-order valence-electron chi connectivity index (χ3n) is 1.63. The first kappa shape index (κ1) is 16.4. The Bertz CT molecular complexity index is 341. The number of hydrogen-bond donors (Lipinski definition) is 5. The molecular formula is C4H11O9P3. The average molecular weight is 296 g/mol. The van der Waals surface area contributed by atoms with Crippen LogP contribution < -0.4 is 4.89 Å². The van der Waals surface area contributed by atoms with Crippen molar-refractivity contribution in [3.63, 3.8) is 0 Å². The molecule has 0 aliphatic heterocycles. The summed E-state index contributed by atoms with van der Waals surface area (Å²) in [6.07, 6.45) is -1.16. The van der Waals surface area contributed by atoms with Crippen molar-refractivity contribution in [2.75, 3.05) is 7.11 Å². The molecule has 1 unspecified atom stereocenters. The van der Waals surface area contributed by atoms with Gasteiger partial charge in [0.1, 0.15) is 5.80 Å². The van der Waals surface area contributed by atoms with Crippen LogP contribution in [-0.2, 0) is 13.7 Å². The van der Waals surface area contributed by atoms with E-state index in [1.165, 1.54) is 0 Å². The van der Waals surface area contributed by atoms with Crippen molar-refractivity contribution in [1.82, 2.24) is 0 Å². The van der Waals surface area contributed by atoms with E-state index in [2.05, 4.69) is 4.52 Å². The van der Waals surface area contributed by atoms with E-state index < -0.39 is 34.7 Å². The average Bonchev–Trinajstić information content (AvgIpc) is 2.09. The molecule has 16 heavy (non-hydrogen) atoms. The SMILES string of the molecule is CO/[P+]([O-])=C/CC(O)(P(=O)(O)O)P(=O)(O)O. The lowest BCUT2D eigenvalue weighted by molar-refractivity contribution is -0.170. The van der Waals surface area contributed by atoms with E-state index in [1.807, 2.05) is 0 Å². The fourth-order valence-corrected chi connectivity index (χ4v) is 3.55. The van der Waals surface area contributed by atoms with Gasteiger partial charge in [-0.1, -0.05) is 0 Å². The van der Waals surface area contributed by atoms with E-state index >= 15 is 0 Å². The van der Waals surface area contributed by atoms with Crippen molar-refractivity contribution < 1.29 is 43.2 Å². The van der Waals surface area contributed by atoms with Gasteiger partial charge in [-0.2, -0.15) is 4.52 Å². The van der Waals surface area contributed by atoms with E-state index in [4.69, 9.17) is 19.6 Å². The molecule has 0 saturated heterocycles. The summed E-state index contributed by atoms with van der Waals surface area (Å²) in [4.78, 5) is 45.5. The van der Waals surface area contributed by atoms with Gasteiger partial charge in [-0.15, -0.1) is 0 Å². The summed E-state index contributed by atoms with van der Waals surface area (Å²) in [5.41, 5.74) is 0. The highest BCUT2D eigenvalue weighted by Crippen LogP contribution is 2.68. The van der Waals surface area contributed by atoms with Crippen LogP contribution >= 0.6 is 23.2 Å². The summed E-state index contributed by atoms with van der Waals surface area (Å²) in [6.45, 7) is 0. The van der Waals surface area contributed by atoms with Gasteiger partial charge in [0.25, 0.3) is 5.08 Å². The van der Waals surface area contributed by atoms with Crippen LogP contribution in [-0.4, -0.2) is 42.7 Å². The molecule has 1 atom stereocenters. The van der Waals surface area contributed by atoms with Crippen LogP contribution in [0.5, 0.6) is 0 Å². The zero-order valence-corrected chi connectivity index (χ0v) is 10.7. The Morgan fingerprint density at radius 3 is 1.94 bits per heavy atom. The summed E-state index contributed by atoms with van der Waals surface area (Å²) < 4.78 is 25.8. The van der Waals surface area contributed by atoms with E-state index in [0.717, 1.165) is 7.11 Å². The first-order valence-electron chi connectivity index (χ1n) is 3.63. The van der Waals surface area contributed by atoms with Gasteiger partial charge in [-0.3, -0.25) is 9.13 Å². The zero-order valence-electron chi connectivity index (χ0n) is 8.00. The molecule has 0 aromatic rings. The standard InChI is InChI=1S/C4H11O9P3/c1-13-14(6)3-2-4(5,15(7,8)9)16(10,11)12/h3,5H,2H2,1H3,(H2,7,8,9)(H2,10,11,12). The summed E-state index contributed by atoms with van der Waals surface area (Å²) >= 11 is 0. The molecule has 0 saturated carbocycles. The fraction of sp³-hybridized carbons (Fsp3) is 0.750. The van der Waals surface area contributed by atoms with Crippen molar-refractivity contribution >= 4 is 29.0 Å². The second-order valence-corrected chi connectivity index (χ2v) is 8.03. The minimum Gasteiger partial charge on any atom is -0.603 e.